The number of hydrogen-bond acceptors (Lipinski definition) is 5. The minimum Gasteiger partial charge on any atom is -0.315 e. The van der Waals surface area contributed by atoms with Gasteiger partial charge < -0.3 is 5.32 Å². The number of thiazole rings is 1. The summed E-state index contributed by atoms with van der Waals surface area (Å²) in [6, 6.07) is 5.20. The Morgan fingerprint density at radius 1 is 1.12 bits per heavy atom. The number of benzene rings is 1. The van der Waals surface area contributed by atoms with Crippen molar-refractivity contribution in [3.63, 3.8) is 0 Å². The van der Waals surface area contributed by atoms with Gasteiger partial charge in [0.25, 0.3) is 0 Å². The van der Waals surface area contributed by atoms with Crippen LogP contribution in [0.25, 0.3) is 10.2 Å². The minimum absolute atomic E-state index is 0.324. The summed E-state index contributed by atoms with van der Waals surface area (Å²) in [6.07, 6.45) is 8.03. The lowest BCUT2D eigenvalue weighted by atomic mass is 9.87. The average Bonchev–Trinajstić information content (AvgIpc) is 3.07. The van der Waals surface area contributed by atoms with Gasteiger partial charge in [-0.3, -0.25) is 0 Å². The molecule has 5 nitrogen and oxygen atoms in total. The van der Waals surface area contributed by atoms with Crippen molar-refractivity contribution in [2.24, 2.45) is 5.92 Å². The van der Waals surface area contributed by atoms with E-state index >= 15 is 0 Å². The van der Waals surface area contributed by atoms with Crippen LogP contribution in [0, 0.1) is 5.92 Å². The van der Waals surface area contributed by atoms with Crippen LogP contribution in [0.3, 0.4) is 0 Å². The van der Waals surface area contributed by atoms with Gasteiger partial charge in [-0.2, -0.15) is 0 Å². The third-order valence-electron chi connectivity index (χ3n) is 4.66. The van der Waals surface area contributed by atoms with Gasteiger partial charge in [0.15, 0.2) is 0 Å². The molecule has 1 aliphatic rings. The van der Waals surface area contributed by atoms with E-state index in [1.807, 2.05) is 6.07 Å². The summed E-state index contributed by atoms with van der Waals surface area (Å²) in [7, 11) is -3.48. The van der Waals surface area contributed by atoms with Gasteiger partial charge in [-0.05, 0) is 31.0 Å². The summed E-state index contributed by atoms with van der Waals surface area (Å²) in [5.41, 5.74) is 2.41. The third kappa shape index (κ3) is 4.53. The lowest BCUT2D eigenvalue weighted by Crippen LogP contribution is -2.32. The summed E-state index contributed by atoms with van der Waals surface area (Å²) in [5.74, 6) is 0.854. The van der Waals surface area contributed by atoms with Crippen LogP contribution in [-0.2, 0) is 10.0 Å². The zero-order valence-corrected chi connectivity index (χ0v) is 15.5. The number of aromatic nitrogens is 1. The van der Waals surface area contributed by atoms with Gasteiger partial charge in [0, 0.05) is 13.1 Å². The van der Waals surface area contributed by atoms with Crippen molar-refractivity contribution in [3.8, 4) is 0 Å². The van der Waals surface area contributed by atoms with Crippen molar-refractivity contribution in [2.75, 3.05) is 19.6 Å². The molecule has 0 amide bonds. The van der Waals surface area contributed by atoms with Crippen LogP contribution >= 0.6 is 11.3 Å². The van der Waals surface area contributed by atoms with Gasteiger partial charge in [0.2, 0.25) is 10.0 Å². The molecule has 1 aromatic heterocycles. The van der Waals surface area contributed by atoms with Crippen LogP contribution in [0.1, 0.15) is 38.5 Å². The highest BCUT2D eigenvalue weighted by molar-refractivity contribution is 7.90. The molecule has 3 rings (SSSR count). The van der Waals surface area contributed by atoms with E-state index in [0.717, 1.165) is 22.7 Å². The molecule has 24 heavy (non-hydrogen) atoms. The van der Waals surface area contributed by atoms with Crippen molar-refractivity contribution in [3.05, 3.63) is 23.7 Å². The Morgan fingerprint density at radius 2 is 1.96 bits per heavy atom. The van der Waals surface area contributed by atoms with Crippen molar-refractivity contribution < 1.29 is 8.42 Å². The zero-order chi connectivity index (χ0) is 16.8. The Bertz CT molecular complexity index is 752. The maximum atomic E-state index is 12.5. The third-order valence-corrected chi connectivity index (χ3v) is 7.17. The van der Waals surface area contributed by atoms with E-state index in [2.05, 4.69) is 15.0 Å². The number of rotatable bonds is 8. The monoisotopic (exact) mass is 367 g/mol. The van der Waals surface area contributed by atoms with Crippen LogP contribution < -0.4 is 10.0 Å². The molecule has 2 N–H and O–H groups in total. The zero-order valence-electron chi connectivity index (χ0n) is 13.8. The van der Waals surface area contributed by atoms with Crippen molar-refractivity contribution >= 4 is 31.6 Å². The summed E-state index contributed by atoms with van der Waals surface area (Å²) in [6.45, 7) is 2.03. The molecule has 1 fully saturated rings. The molecule has 2 aromatic rings. The van der Waals surface area contributed by atoms with Gasteiger partial charge in [-0.15, -0.1) is 11.3 Å². The molecule has 132 valence electrons. The number of sulfonamides is 1. The predicted octanol–water partition coefficient (Wildman–Crippen LogP) is 3.13. The van der Waals surface area contributed by atoms with Crippen molar-refractivity contribution in [1.82, 2.24) is 15.0 Å². The Morgan fingerprint density at radius 3 is 2.79 bits per heavy atom. The Labute approximate surface area is 147 Å². The normalized spacial score (nSPS) is 16.7. The minimum atomic E-state index is -3.48. The summed E-state index contributed by atoms with van der Waals surface area (Å²) in [4.78, 5) is 4.50. The fourth-order valence-electron chi connectivity index (χ4n) is 3.33. The van der Waals surface area contributed by atoms with Crippen LogP contribution in [0.4, 0.5) is 0 Å². The van der Waals surface area contributed by atoms with E-state index in [-0.39, 0.29) is 0 Å². The highest BCUT2D eigenvalue weighted by Crippen LogP contribution is 2.26. The topological polar surface area (TPSA) is 71.1 Å². The quantitative estimate of drug-likeness (QED) is 0.703. The van der Waals surface area contributed by atoms with E-state index in [0.29, 0.717) is 18.0 Å². The number of hydrogen-bond donors (Lipinski definition) is 2. The number of nitrogens with one attached hydrogen (secondary N) is 2. The largest absolute Gasteiger partial charge is 0.315 e. The van der Waals surface area contributed by atoms with Gasteiger partial charge in [-0.1, -0.05) is 38.2 Å². The second-order valence-corrected chi connectivity index (χ2v) is 8.99. The van der Waals surface area contributed by atoms with E-state index in [1.54, 1.807) is 17.6 Å². The van der Waals surface area contributed by atoms with Gasteiger partial charge in [-0.25, -0.2) is 18.1 Å². The van der Waals surface area contributed by atoms with Crippen LogP contribution in [0.15, 0.2) is 28.6 Å². The summed E-state index contributed by atoms with van der Waals surface area (Å²) in [5, 5.41) is 3.35. The molecule has 0 radical (unpaired) electrons. The molecule has 0 atom stereocenters. The smallest absolute Gasteiger partial charge is 0.242 e. The van der Waals surface area contributed by atoms with Gasteiger partial charge in [0.05, 0.1) is 15.7 Å². The maximum Gasteiger partial charge on any atom is 0.242 e. The lowest BCUT2D eigenvalue weighted by Gasteiger charge is -2.21. The molecular formula is C17H25N3O2S2. The number of nitrogens with zero attached hydrogens (tertiary/aromatic N) is 1. The first-order valence-corrected chi connectivity index (χ1v) is 11.1. The first-order chi connectivity index (χ1) is 11.7. The summed E-state index contributed by atoms with van der Waals surface area (Å²) < 4.78 is 28.3. The van der Waals surface area contributed by atoms with E-state index < -0.39 is 10.0 Å². The molecular weight excluding hydrogens is 342 g/mol. The average molecular weight is 368 g/mol. The molecule has 0 aliphatic heterocycles. The van der Waals surface area contributed by atoms with E-state index in [4.69, 9.17) is 0 Å². The highest BCUT2D eigenvalue weighted by atomic mass is 32.2. The second-order valence-electron chi connectivity index (χ2n) is 6.40. The molecule has 0 bridgehead atoms. The van der Waals surface area contributed by atoms with E-state index in [1.165, 1.54) is 49.9 Å². The first kappa shape index (κ1) is 17.8. The molecule has 1 heterocycles. The fraction of sp³-hybridized carbons (Fsp3) is 0.588. The summed E-state index contributed by atoms with van der Waals surface area (Å²) >= 11 is 1.36. The molecule has 7 heteroatoms. The van der Waals surface area contributed by atoms with Gasteiger partial charge >= 0.3 is 0 Å². The molecule has 0 spiro atoms. The molecule has 1 aliphatic carbocycles. The van der Waals surface area contributed by atoms with Crippen LogP contribution in [0.5, 0.6) is 0 Å². The Balaban J connectivity index is 1.43. The van der Waals surface area contributed by atoms with Crippen LogP contribution in [0.2, 0.25) is 0 Å². The first-order valence-electron chi connectivity index (χ1n) is 8.69. The fourth-order valence-corrected chi connectivity index (χ4v) is 5.63. The Hall–Kier alpha value is -1.02. The van der Waals surface area contributed by atoms with Crippen LogP contribution in [-0.4, -0.2) is 33.0 Å². The molecule has 1 saturated carbocycles. The molecule has 0 saturated heterocycles. The molecule has 1 aromatic carbocycles. The van der Waals surface area contributed by atoms with E-state index in [9.17, 15) is 8.42 Å². The van der Waals surface area contributed by atoms with Gasteiger partial charge in [0.1, 0.15) is 4.90 Å². The SMILES string of the molecule is O=S(=O)(NCCNCCC1CCCCC1)c1cccc2ncsc12. The molecule has 0 unspecified atom stereocenters. The maximum absolute atomic E-state index is 12.5. The standard InChI is InChI=1S/C17H25N3O2S2/c21-24(22,16-8-4-7-15-17(16)23-13-19-15)20-12-11-18-10-9-14-5-2-1-3-6-14/h4,7-8,13-14,18,20H,1-3,5-6,9-12H2. The predicted molar refractivity (Wildman–Crippen MR) is 98.9 cm³/mol. The van der Waals surface area contributed by atoms with Crippen molar-refractivity contribution in [2.45, 2.75) is 43.4 Å². The highest BCUT2D eigenvalue weighted by Gasteiger charge is 2.18. The Kier molecular flexibility index (Phi) is 6.21. The van der Waals surface area contributed by atoms with Crippen molar-refractivity contribution in [1.29, 1.82) is 0 Å². The number of fused-ring (bicyclic) bond motifs is 1. The lowest BCUT2D eigenvalue weighted by molar-refractivity contribution is 0.334. The second kappa shape index (κ2) is 8.38.